The van der Waals surface area contributed by atoms with Gasteiger partial charge in [0.2, 0.25) is 0 Å². The van der Waals surface area contributed by atoms with E-state index < -0.39 is 0 Å². The Labute approximate surface area is 98.5 Å². The molecule has 0 saturated heterocycles. The van der Waals surface area contributed by atoms with E-state index >= 15 is 0 Å². The highest BCUT2D eigenvalue weighted by Crippen LogP contribution is 2.36. The van der Waals surface area contributed by atoms with Crippen molar-refractivity contribution in [1.29, 1.82) is 0 Å². The zero-order valence-electron chi connectivity index (χ0n) is 10.4. The predicted octanol–water partition coefficient (Wildman–Crippen LogP) is 3.72. The van der Waals surface area contributed by atoms with Gasteiger partial charge >= 0.3 is 0 Å². The third kappa shape index (κ3) is 2.60. The van der Waals surface area contributed by atoms with Crippen LogP contribution in [-0.2, 0) is 6.42 Å². The second-order valence-electron chi connectivity index (χ2n) is 4.91. The van der Waals surface area contributed by atoms with Gasteiger partial charge in [0.15, 0.2) is 0 Å². The molecular formula is C14H22N2. The lowest BCUT2D eigenvalue weighted by atomic mass is 9.78. The van der Waals surface area contributed by atoms with Crippen molar-refractivity contribution < 1.29 is 0 Å². The largest absolute Gasteiger partial charge is 0.241 e. The summed E-state index contributed by atoms with van der Waals surface area (Å²) in [6.45, 7) is 4.41. The summed E-state index contributed by atoms with van der Waals surface area (Å²) in [4.78, 5) is 8.80. The van der Waals surface area contributed by atoms with Gasteiger partial charge in [0.25, 0.3) is 0 Å². The van der Waals surface area contributed by atoms with Crippen LogP contribution in [0.3, 0.4) is 0 Å². The Bertz CT molecular complexity index is 310. The SMILES string of the molecule is CCc1ncc(C2CCC(CC)CC2)cn1. The topological polar surface area (TPSA) is 25.8 Å². The van der Waals surface area contributed by atoms with E-state index in [1.165, 1.54) is 37.7 Å². The first-order valence-corrected chi connectivity index (χ1v) is 6.64. The maximum atomic E-state index is 4.40. The Kier molecular flexibility index (Phi) is 3.92. The van der Waals surface area contributed by atoms with E-state index in [4.69, 9.17) is 0 Å². The van der Waals surface area contributed by atoms with Crippen molar-refractivity contribution in [3.63, 3.8) is 0 Å². The molecule has 16 heavy (non-hydrogen) atoms. The van der Waals surface area contributed by atoms with Crippen molar-refractivity contribution in [2.75, 3.05) is 0 Å². The third-order valence-corrected chi connectivity index (χ3v) is 3.94. The van der Waals surface area contributed by atoms with Gasteiger partial charge < -0.3 is 0 Å². The van der Waals surface area contributed by atoms with Crippen LogP contribution in [0, 0.1) is 5.92 Å². The first-order chi connectivity index (χ1) is 7.83. The van der Waals surface area contributed by atoms with Gasteiger partial charge in [0.05, 0.1) is 0 Å². The number of rotatable bonds is 3. The zero-order valence-corrected chi connectivity index (χ0v) is 10.4. The van der Waals surface area contributed by atoms with Crippen molar-refractivity contribution in [3.8, 4) is 0 Å². The van der Waals surface area contributed by atoms with Gasteiger partial charge in [0, 0.05) is 18.8 Å². The molecule has 0 aliphatic heterocycles. The minimum atomic E-state index is 0.716. The first-order valence-electron chi connectivity index (χ1n) is 6.64. The van der Waals surface area contributed by atoms with E-state index in [2.05, 4.69) is 23.8 Å². The van der Waals surface area contributed by atoms with E-state index in [0.29, 0.717) is 5.92 Å². The number of hydrogen-bond acceptors (Lipinski definition) is 2. The minimum absolute atomic E-state index is 0.716. The normalized spacial score (nSPS) is 25.6. The maximum Gasteiger partial charge on any atom is 0.127 e. The van der Waals surface area contributed by atoms with Gasteiger partial charge in [-0.05, 0) is 43.1 Å². The molecule has 0 aromatic carbocycles. The standard InChI is InChI=1S/C14H22N2/c1-3-11-5-7-12(8-6-11)13-9-15-14(4-2)16-10-13/h9-12H,3-8H2,1-2H3. The molecule has 0 atom stereocenters. The molecule has 1 saturated carbocycles. The van der Waals surface area contributed by atoms with Crippen LogP contribution >= 0.6 is 0 Å². The number of aromatic nitrogens is 2. The van der Waals surface area contributed by atoms with Crippen molar-refractivity contribution >= 4 is 0 Å². The van der Waals surface area contributed by atoms with Crippen molar-refractivity contribution in [2.45, 2.75) is 58.3 Å². The summed E-state index contributed by atoms with van der Waals surface area (Å²) in [7, 11) is 0. The molecule has 1 aliphatic carbocycles. The summed E-state index contributed by atoms with van der Waals surface area (Å²) < 4.78 is 0. The van der Waals surface area contributed by atoms with Gasteiger partial charge in [0.1, 0.15) is 5.82 Å². The Balaban J connectivity index is 1.97. The molecule has 1 aromatic heterocycles. The van der Waals surface area contributed by atoms with Crippen LogP contribution in [0.15, 0.2) is 12.4 Å². The van der Waals surface area contributed by atoms with Crippen molar-refractivity contribution in [3.05, 3.63) is 23.8 Å². The van der Waals surface area contributed by atoms with E-state index in [0.717, 1.165) is 18.2 Å². The van der Waals surface area contributed by atoms with Gasteiger partial charge in [-0.15, -0.1) is 0 Å². The van der Waals surface area contributed by atoms with Gasteiger partial charge in [-0.3, -0.25) is 0 Å². The molecule has 0 radical (unpaired) electrons. The van der Waals surface area contributed by atoms with Gasteiger partial charge in [-0.25, -0.2) is 9.97 Å². The van der Waals surface area contributed by atoms with E-state index in [1.807, 2.05) is 12.4 Å². The molecule has 0 spiro atoms. The summed E-state index contributed by atoms with van der Waals surface area (Å²) in [5.41, 5.74) is 1.35. The third-order valence-electron chi connectivity index (χ3n) is 3.94. The van der Waals surface area contributed by atoms with Crippen LogP contribution in [0.4, 0.5) is 0 Å². The first kappa shape index (κ1) is 11.6. The highest BCUT2D eigenvalue weighted by atomic mass is 14.9. The molecule has 2 heteroatoms. The van der Waals surface area contributed by atoms with E-state index in [-0.39, 0.29) is 0 Å². The van der Waals surface area contributed by atoms with Crippen LogP contribution in [0.5, 0.6) is 0 Å². The van der Waals surface area contributed by atoms with Crippen LogP contribution in [0.1, 0.15) is 63.3 Å². The molecule has 0 unspecified atom stereocenters. The Morgan fingerprint density at radius 2 is 1.69 bits per heavy atom. The van der Waals surface area contributed by atoms with Crippen molar-refractivity contribution in [1.82, 2.24) is 9.97 Å². The number of aryl methyl sites for hydroxylation is 1. The van der Waals surface area contributed by atoms with Gasteiger partial charge in [-0.1, -0.05) is 20.3 Å². The molecule has 1 heterocycles. The lowest BCUT2D eigenvalue weighted by Crippen LogP contribution is -2.13. The molecule has 1 aromatic rings. The summed E-state index contributed by atoms with van der Waals surface area (Å²) in [5.74, 6) is 2.65. The highest BCUT2D eigenvalue weighted by Gasteiger charge is 2.21. The lowest BCUT2D eigenvalue weighted by Gasteiger charge is -2.27. The summed E-state index contributed by atoms with van der Waals surface area (Å²) in [6, 6.07) is 0. The van der Waals surface area contributed by atoms with E-state index in [9.17, 15) is 0 Å². The maximum absolute atomic E-state index is 4.40. The molecule has 0 N–H and O–H groups in total. The molecule has 88 valence electrons. The number of hydrogen-bond donors (Lipinski definition) is 0. The molecule has 1 aliphatic rings. The molecule has 1 fully saturated rings. The monoisotopic (exact) mass is 218 g/mol. The Hall–Kier alpha value is -0.920. The van der Waals surface area contributed by atoms with Gasteiger partial charge in [-0.2, -0.15) is 0 Å². The minimum Gasteiger partial charge on any atom is -0.241 e. The molecular weight excluding hydrogens is 196 g/mol. The average molecular weight is 218 g/mol. The quantitative estimate of drug-likeness (QED) is 0.772. The zero-order chi connectivity index (χ0) is 11.4. The smallest absolute Gasteiger partial charge is 0.127 e. The Morgan fingerprint density at radius 1 is 1.06 bits per heavy atom. The van der Waals surface area contributed by atoms with Crippen LogP contribution in [0.25, 0.3) is 0 Å². The second kappa shape index (κ2) is 5.42. The van der Waals surface area contributed by atoms with Crippen LogP contribution < -0.4 is 0 Å². The molecule has 2 rings (SSSR count). The van der Waals surface area contributed by atoms with Crippen molar-refractivity contribution in [2.24, 2.45) is 5.92 Å². The molecule has 0 bridgehead atoms. The second-order valence-corrected chi connectivity index (χ2v) is 4.91. The van der Waals surface area contributed by atoms with Crippen LogP contribution in [-0.4, -0.2) is 9.97 Å². The summed E-state index contributed by atoms with van der Waals surface area (Å²) >= 11 is 0. The fraction of sp³-hybridized carbons (Fsp3) is 0.714. The fourth-order valence-corrected chi connectivity index (χ4v) is 2.66. The highest BCUT2D eigenvalue weighted by molar-refractivity contribution is 5.12. The average Bonchev–Trinajstić information content (AvgIpc) is 2.39. The lowest BCUT2D eigenvalue weighted by molar-refractivity contribution is 0.318. The van der Waals surface area contributed by atoms with Crippen LogP contribution in [0.2, 0.25) is 0 Å². The fourth-order valence-electron chi connectivity index (χ4n) is 2.66. The molecule has 2 nitrogen and oxygen atoms in total. The summed E-state index contributed by atoms with van der Waals surface area (Å²) in [6.07, 6.45) is 11.8. The molecule has 0 amide bonds. The summed E-state index contributed by atoms with van der Waals surface area (Å²) in [5, 5.41) is 0. The Morgan fingerprint density at radius 3 is 2.19 bits per heavy atom. The predicted molar refractivity (Wildman–Crippen MR) is 66.4 cm³/mol. The van der Waals surface area contributed by atoms with E-state index in [1.54, 1.807) is 0 Å². The number of nitrogens with zero attached hydrogens (tertiary/aromatic N) is 2.